The summed E-state index contributed by atoms with van der Waals surface area (Å²) in [5, 5.41) is 2.94. The second kappa shape index (κ2) is 9.25. The van der Waals surface area contributed by atoms with Crippen LogP contribution in [0, 0.1) is 6.92 Å². The molecule has 138 valence electrons. The number of nitrogens with one attached hydrogen (secondary N) is 1. The Kier molecular flexibility index (Phi) is 6.50. The van der Waals surface area contributed by atoms with Crippen LogP contribution >= 0.6 is 0 Å². The molecule has 2 aromatic rings. The number of aryl methyl sites for hydroxylation is 1. The van der Waals surface area contributed by atoms with Gasteiger partial charge in [0, 0.05) is 30.9 Å². The van der Waals surface area contributed by atoms with Gasteiger partial charge in [0.05, 0.1) is 19.8 Å². The van der Waals surface area contributed by atoms with Crippen molar-refractivity contribution in [2.75, 3.05) is 43.1 Å². The first-order chi connectivity index (χ1) is 12.7. The molecule has 1 fully saturated rings. The molecule has 0 spiro atoms. The molecule has 0 saturated carbocycles. The Labute approximate surface area is 154 Å². The van der Waals surface area contributed by atoms with E-state index >= 15 is 0 Å². The predicted octanol–water partition coefficient (Wildman–Crippen LogP) is 3.63. The average Bonchev–Trinajstić information content (AvgIpc) is 2.68. The highest BCUT2D eigenvalue weighted by Gasteiger charge is 2.11. The van der Waals surface area contributed by atoms with Gasteiger partial charge in [0.15, 0.2) is 0 Å². The number of amides is 1. The van der Waals surface area contributed by atoms with Crippen LogP contribution in [0.5, 0.6) is 5.75 Å². The third-order valence-corrected chi connectivity index (χ3v) is 4.37. The highest BCUT2D eigenvalue weighted by molar-refractivity contribution is 5.90. The summed E-state index contributed by atoms with van der Waals surface area (Å²) < 4.78 is 11.0. The predicted molar refractivity (Wildman–Crippen MR) is 104 cm³/mol. The summed E-state index contributed by atoms with van der Waals surface area (Å²) in [4.78, 5) is 14.4. The van der Waals surface area contributed by atoms with E-state index in [4.69, 9.17) is 9.47 Å². The van der Waals surface area contributed by atoms with E-state index in [0.29, 0.717) is 19.4 Å². The number of nitrogens with zero attached hydrogens (tertiary/aromatic N) is 1. The summed E-state index contributed by atoms with van der Waals surface area (Å²) in [6, 6.07) is 15.9. The van der Waals surface area contributed by atoms with E-state index in [1.165, 1.54) is 5.56 Å². The molecular weight excluding hydrogens is 328 g/mol. The van der Waals surface area contributed by atoms with Gasteiger partial charge in [-0.2, -0.15) is 0 Å². The minimum atomic E-state index is 0.0108. The van der Waals surface area contributed by atoms with E-state index in [2.05, 4.69) is 10.2 Å². The lowest BCUT2D eigenvalue weighted by Gasteiger charge is -2.28. The van der Waals surface area contributed by atoms with Gasteiger partial charge in [-0.05, 0) is 49.7 Å². The third kappa shape index (κ3) is 5.49. The molecule has 0 atom stereocenters. The number of anilines is 2. The van der Waals surface area contributed by atoms with E-state index in [9.17, 15) is 4.79 Å². The number of morpholine rings is 1. The second-order valence-electron chi connectivity index (χ2n) is 6.46. The van der Waals surface area contributed by atoms with Crippen LogP contribution in [0.1, 0.15) is 18.4 Å². The number of hydrogen-bond acceptors (Lipinski definition) is 4. The summed E-state index contributed by atoms with van der Waals surface area (Å²) in [5.41, 5.74) is 3.20. The lowest BCUT2D eigenvalue weighted by molar-refractivity contribution is -0.116. The summed E-state index contributed by atoms with van der Waals surface area (Å²) in [6.45, 7) is 5.93. The molecule has 1 aliphatic rings. The fourth-order valence-electron chi connectivity index (χ4n) is 2.86. The van der Waals surface area contributed by atoms with E-state index in [1.807, 2.05) is 55.5 Å². The number of benzene rings is 2. The van der Waals surface area contributed by atoms with Crippen LogP contribution in [0.3, 0.4) is 0 Å². The molecule has 0 aromatic heterocycles. The number of rotatable bonds is 7. The lowest BCUT2D eigenvalue weighted by atomic mass is 10.2. The van der Waals surface area contributed by atoms with E-state index in [0.717, 1.165) is 43.4 Å². The van der Waals surface area contributed by atoms with E-state index in [1.54, 1.807) is 0 Å². The van der Waals surface area contributed by atoms with Crippen LogP contribution in [0.15, 0.2) is 48.5 Å². The minimum Gasteiger partial charge on any atom is -0.494 e. The van der Waals surface area contributed by atoms with Crippen LogP contribution in [-0.4, -0.2) is 38.8 Å². The Morgan fingerprint density at radius 2 is 1.77 bits per heavy atom. The van der Waals surface area contributed by atoms with Gasteiger partial charge >= 0.3 is 0 Å². The highest BCUT2D eigenvalue weighted by Crippen LogP contribution is 2.19. The average molecular weight is 354 g/mol. The van der Waals surface area contributed by atoms with Crippen LogP contribution in [0.4, 0.5) is 11.4 Å². The lowest BCUT2D eigenvalue weighted by Crippen LogP contribution is -2.36. The van der Waals surface area contributed by atoms with Gasteiger partial charge < -0.3 is 19.7 Å². The smallest absolute Gasteiger partial charge is 0.224 e. The molecule has 0 bridgehead atoms. The number of ether oxygens (including phenoxy) is 2. The molecule has 5 heteroatoms. The van der Waals surface area contributed by atoms with Crippen molar-refractivity contribution in [1.29, 1.82) is 0 Å². The van der Waals surface area contributed by atoms with Gasteiger partial charge in [0.25, 0.3) is 0 Å². The fourth-order valence-corrected chi connectivity index (χ4v) is 2.86. The normalized spacial score (nSPS) is 14.1. The van der Waals surface area contributed by atoms with Crippen LogP contribution < -0.4 is 15.0 Å². The van der Waals surface area contributed by atoms with Crippen LogP contribution in [-0.2, 0) is 9.53 Å². The zero-order valence-electron chi connectivity index (χ0n) is 15.2. The SMILES string of the molecule is Cc1ccc(OCCCC(=O)Nc2ccc(N3CCOCC3)cc2)cc1. The van der Waals surface area contributed by atoms with Crippen molar-refractivity contribution in [2.24, 2.45) is 0 Å². The first-order valence-electron chi connectivity index (χ1n) is 9.13. The van der Waals surface area contributed by atoms with E-state index in [-0.39, 0.29) is 5.91 Å². The van der Waals surface area contributed by atoms with Crippen molar-refractivity contribution in [3.63, 3.8) is 0 Å². The van der Waals surface area contributed by atoms with Gasteiger partial charge in [0.1, 0.15) is 5.75 Å². The van der Waals surface area contributed by atoms with Gasteiger partial charge in [-0.15, -0.1) is 0 Å². The van der Waals surface area contributed by atoms with Crippen LogP contribution in [0.2, 0.25) is 0 Å². The third-order valence-electron chi connectivity index (χ3n) is 4.37. The van der Waals surface area contributed by atoms with Crippen molar-refractivity contribution < 1.29 is 14.3 Å². The Hall–Kier alpha value is -2.53. The molecule has 1 heterocycles. The molecular formula is C21H26N2O3. The monoisotopic (exact) mass is 354 g/mol. The number of carbonyl (C=O) groups excluding carboxylic acids is 1. The Morgan fingerprint density at radius 3 is 2.46 bits per heavy atom. The molecule has 26 heavy (non-hydrogen) atoms. The largest absolute Gasteiger partial charge is 0.494 e. The molecule has 2 aromatic carbocycles. The van der Waals surface area contributed by atoms with Crippen LogP contribution in [0.25, 0.3) is 0 Å². The van der Waals surface area contributed by atoms with Gasteiger partial charge in [0.2, 0.25) is 5.91 Å². The summed E-state index contributed by atoms with van der Waals surface area (Å²) >= 11 is 0. The number of carbonyl (C=O) groups is 1. The van der Waals surface area contributed by atoms with E-state index < -0.39 is 0 Å². The topological polar surface area (TPSA) is 50.8 Å². The zero-order valence-corrected chi connectivity index (χ0v) is 15.2. The summed E-state index contributed by atoms with van der Waals surface area (Å²) in [6.07, 6.45) is 1.13. The van der Waals surface area contributed by atoms with Gasteiger partial charge in [-0.3, -0.25) is 4.79 Å². The molecule has 1 N–H and O–H groups in total. The molecule has 1 saturated heterocycles. The minimum absolute atomic E-state index is 0.0108. The Balaban J connectivity index is 1.38. The standard InChI is InChI=1S/C21H26N2O3/c1-17-4-10-20(11-5-17)26-14-2-3-21(24)22-18-6-8-19(9-7-18)23-12-15-25-16-13-23/h4-11H,2-3,12-16H2,1H3,(H,22,24). The molecule has 0 aliphatic carbocycles. The molecule has 3 rings (SSSR count). The molecule has 0 radical (unpaired) electrons. The maximum atomic E-state index is 12.1. The molecule has 5 nitrogen and oxygen atoms in total. The quantitative estimate of drug-likeness (QED) is 0.772. The Morgan fingerprint density at radius 1 is 1.08 bits per heavy atom. The molecule has 1 aliphatic heterocycles. The maximum absolute atomic E-state index is 12.1. The summed E-state index contributed by atoms with van der Waals surface area (Å²) in [5.74, 6) is 0.853. The molecule has 0 unspecified atom stereocenters. The molecule has 1 amide bonds. The van der Waals surface area contributed by atoms with Crippen molar-refractivity contribution in [3.05, 3.63) is 54.1 Å². The van der Waals surface area contributed by atoms with Gasteiger partial charge in [-0.1, -0.05) is 17.7 Å². The zero-order chi connectivity index (χ0) is 18.2. The van der Waals surface area contributed by atoms with Crippen molar-refractivity contribution in [3.8, 4) is 5.75 Å². The Bertz CT molecular complexity index is 692. The van der Waals surface area contributed by atoms with Crippen molar-refractivity contribution in [1.82, 2.24) is 0 Å². The second-order valence-corrected chi connectivity index (χ2v) is 6.46. The van der Waals surface area contributed by atoms with Crippen molar-refractivity contribution in [2.45, 2.75) is 19.8 Å². The van der Waals surface area contributed by atoms with Crippen molar-refractivity contribution >= 4 is 17.3 Å². The summed E-state index contributed by atoms with van der Waals surface area (Å²) in [7, 11) is 0. The fraction of sp³-hybridized carbons (Fsp3) is 0.381. The highest BCUT2D eigenvalue weighted by atomic mass is 16.5. The number of hydrogen-bond donors (Lipinski definition) is 1. The first-order valence-corrected chi connectivity index (χ1v) is 9.13. The first kappa shape index (κ1) is 18.3. The maximum Gasteiger partial charge on any atom is 0.224 e. The van der Waals surface area contributed by atoms with Gasteiger partial charge in [-0.25, -0.2) is 0 Å².